The number of anilines is 1. The van der Waals surface area contributed by atoms with Crippen LogP contribution in [-0.2, 0) is 4.79 Å². The van der Waals surface area contributed by atoms with Crippen molar-refractivity contribution < 1.29 is 18.4 Å². The monoisotopic (exact) mass is 388 g/mol. The van der Waals surface area contributed by atoms with Crippen LogP contribution >= 0.6 is 0 Å². The summed E-state index contributed by atoms with van der Waals surface area (Å²) in [5.74, 6) is -0.566. The lowest BCUT2D eigenvalue weighted by Crippen LogP contribution is -2.19. The summed E-state index contributed by atoms with van der Waals surface area (Å²) >= 11 is 0. The molecule has 1 aliphatic rings. The van der Waals surface area contributed by atoms with E-state index in [9.17, 15) is 18.4 Å². The Morgan fingerprint density at radius 1 is 1.29 bits per heavy atom. The van der Waals surface area contributed by atoms with Gasteiger partial charge in [0.2, 0.25) is 0 Å². The molecular formula is C18H18F2N6O2. The highest BCUT2D eigenvalue weighted by Crippen LogP contribution is 2.34. The Labute approximate surface area is 158 Å². The van der Waals surface area contributed by atoms with E-state index in [0.29, 0.717) is 31.3 Å². The van der Waals surface area contributed by atoms with E-state index in [4.69, 9.17) is 0 Å². The van der Waals surface area contributed by atoms with Crippen LogP contribution in [0.3, 0.4) is 0 Å². The lowest BCUT2D eigenvalue weighted by molar-refractivity contribution is -0.112. The summed E-state index contributed by atoms with van der Waals surface area (Å²) in [6.45, 7) is 0. The molecule has 3 heterocycles. The third kappa shape index (κ3) is 3.37. The molecule has 3 aromatic heterocycles. The maximum Gasteiger partial charge on any atom is 0.284 e. The molecule has 0 aromatic carbocycles. The first-order valence-electron chi connectivity index (χ1n) is 8.99. The number of rotatable bonds is 5. The van der Waals surface area contributed by atoms with Crippen molar-refractivity contribution in [3.8, 4) is 0 Å². The number of nitrogens with zero attached hydrogens (tertiary/aromatic N) is 5. The van der Waals surface area contributed by atoms with E-state index in [2.05, 4.69) is 20.5 Å². The molecule has 3 aromatic rings. The smallest absolute Gasteiger partial charge is 0.284 e. The van der Waals surface area contributed by atoms with Crippen LogP contribution in [0.1, 0.15) is 54.2 Å². The molecule has 1 amide bonds. The Balaban J connectivity index is 1.58. The van der Waals surface area contributed by atoms with Gasteiger partial charge in [-0.15, -0.1) is 0 Å². The number of aldehydes is 1. The largest absolute Gasteiger partial charge is 0.319 e. The number of hydrogen-bond donors (Lipinski definition) is 1. The minimum Gasteiger partial charge on any atom is -0.319 e. The number of alkyl halides is 2. The normalized spacial score (nSPS) is 19.8. The molecular weight excluding hydrogens is 370 g/mol. The molecule has 28 heavy (non-hydrogen) atoms. The van der Waals surface area contributed by atoms with E-state index in [-0.39, 0.29) is 23.2 Å². The van der Waals surface area contributed by atoms with Crippen LogP contribution in [0.25, 0.3) is 5.65 Å². The van der Waals surface area contributed by atoms with Gasteiger partial charge in [0.05, 0.1) is 17.9 Å². The molecule has 0 radical (unpaired) electrons. The molecule has 0 aliphatic heterocycles. The van der Waals surface area contributed by atoms with E-state index in [1.807, 2.05) is 0 Å². The molecule has 1 aliphatic carbocycles. The molecule has 146 valence electrons. The quantitative estimate of drug-likeness (QED) is 0.678. The Morgan fingerprint density at radius 2 is 2.07 bits per heavy atom. The second-order valence-corrected chi connectivity index (χ2v) is 6.81. The molecule has 1 fully saturated rings. The number of halogens is 2. The van der Waals surface area contributed by atoms with Crippen LogP contribution in [0.15, 0.2) is 30.9 Å². The van der Waals surface area contributed by atoms with Gasteiger partial charge >= 0.3 is 0 Å². The average Bonchev–Trinajstić information content (AvgIpc) is 3.32. The zero-order chi connectivity index (χ0) is 19.7. The van der Waals surface area contributed by atoms with Crippen molar-refractivity contribution in [2.24, 2.45) is 5.92 Å². The van der Waals surface area contributed by atoms with Crippen molar-refractivity contribution in [2.45, 2.75) is 38.2 Å². The van der Waals surface area contributed by atoms with Gasteiger partial charge in [-0.2, -0.15) is 10.2 Å². The van der Waals surface area contributed by atoms with E-state index in [0.717, 1.165) is 6.29 Å². The zero-order valence-electron chi connectivity index (χ0n) is 14.8. The minimum absolute atomic E-state index is 0.0173. The first kappa shape index (κ1) is 18.2. The SMILES string of the molecule is O=CC1CCC(n2cc(NC(=O)c3cnn4cccnc34)c(C(F)F)n2)CC1. The number of carbonyl (C=O) groups is 2. The van der Waals surface area contributed by atoms with Gasteiger partial charge in [-0.25, -0.2) is 18.3 Å². The molecule has 0 atom stereocenters. The maximum absolute atomic E-state index is 13.5. The lowest BCUT2D eigenvalue weighted by Gasteiger charge is -2.25. The fourth-order valence-corrected chi connectivity index (χ4v) is 3.53. The highest BCUT2D eigenvalue weighted by molar-refractivity contribution is 6.08. The molecule has 1 saturated carbocycles. The third-order valence-electron chi connectivity index (χ3n) is 5.05. The van der Waals surface area contributed by atoms with Gasteiger partial charge in [-0.3, -0.25) is 9.48 Å². The minimum atomic E-state index is -2.83. The summed E-state index contributed by atoms with van der Waals surface area (Å²) in [4.78, 5) is 27.6. The predicted octanol–water partition coefficient (Wildman–Crippen LogP) is 3.05. The van der Waals surface area contributed by atoms with E-state index < -0.39 is 18.0 Å². The van der Waals surface area contributed by atoms with Crippen LogP contribution in [-0.4, -0.2) is 36.6 Å². The number of carbonyl (C=O) groups excluding carboxylic acids is 2. The predicted molar refractivity (Wildman–Crippen MR) is 95.2 cm³/mol. The summed E-state index contributed by atoms with van der Waals surface area (Å²) in [5, 5.41) is 10.6. The Kier molecular flexibility index (Phi) is 4.84. The van der Waals surface area contributed by atoms with Crippen molar-refractivity contribution in [1.29, 1.82) is 0 Å². The number of nitrogens with one attached hydrogen (secondary N) is 1. The van der Waals surface area contributed by atoms with Crippen LogP contribution in [0.4, 0.5) is 14.5 Å². The highest BCUT2D eigenvalue weighted by atomic mass is 19.3. The first-order chi connectivity index (χ1) is 13.6. The maximum atomic E-state index is 13.5. The van der Waals surface area contributed by atoms with Gasteiger partial charge in [-0.1, -0.05) is 0 Å². The van der Waals surface area contributed by atoms with Gasteiger partial charge in [-0.05, 0) is 31.7 Å². The van der Waals surface area contributed by atoms with Gasteiger partial charge in [0, 0.05) is 24.5 Å². The summed E-state index contributed by atoms with van der Waals surface area (Å²) < 4.78 is 29.8. The van der Waals surface area contributed by atoms with Gasteiger partial charge < -0.3 is 10.1 Å². The lowest BCUT2D eigenvalue weighted by atomic mass is 9.87. The summed E-state index contributed by atoms with van der Waals surface area (Å²) in [5.41, 5.74) is 0.00122. The van der Waals surface area contributed by atoms with Gasteiger partial charge in [0.25, 0.3) is 12.3 Å². The number of aromatic nitrogens is 5. The highest BCUT2D eigenvalue weighted by Gasteiger charge is 2.27. The molecule has 0 bridgehead atoms. The van der Waals surface area contributed by atoms with Crippen molar-refractivity contribution in [3.05, 3.63) is 42.1 Å². The fraction of sp³-hybridized carbons (Fsp3) is 0.389. The Morgan fingerprint density at radius 3 is 2.79 bits per heavy atom. The number of hydrogen-bond acceptors (Lipinski definition) is 5. The zero-order valence-corrected chi connectivity index (χ0v) is 14.8. The van der Waals surface area contributed by atoms with Crippen LogP contribution in [0.5, 0.6) is 0 Å². The molecule has 1 N–H and O–H groups in total. The van der Waals surface area contributed by atoms with E-state index >= 15 is 0 Å². The summed E-state index contributed by atoms with van der Waals surface area (Å²) in [7, 11) is 0. The molecule has 4 rings (SSSR count). The van der Waals surface area contributed by atoms with Crippen molar-refractivity contribution >= 4 is 23.5 Å². The van der Waals surface area contributed by atoms with Gasteiger partial charge in [0.1, 0.15) is 11.8 Å². The molecule has 0 spiro atoms. The number of fused-ring (bicyclic) bond motifs is 1. The molecule has 8 nitrogen and oxygen atoms in total. The average molecular weight is 388 g/mol. The molecule has 0 unspecified atom stereocenters. The Hall–Kier alpha value is -3.17. The van der Waals surface area contributed by atoms with Crippen LogP contribution in [0.2, 0.25) is 0 Å². The topological polar surface area (TPSA) is 94.2 Å². The molecule has 10 heteroatoms. The molecule has 0 saturated heterocycles. The Bertz CT molecular complexity index is 1010. The van der Waals surface area contributed by atoms with Gasteiger partial charge in [0.15, 0.2) is 11.3 Å². The van der Waals surface area contributed by atoms with E-state index in [1.165, 1.54) is 27.8 Å². The van der Waals surface area contributed by atoms with Crippen molar-refractivity contribution in [1.82, 2.24) is 24.4 Å². The van der Waals surface area contributed by atoms with E-state index in [1.54, 1.807) is 12.3 Å². The standard InChI is InChI=1S/C18H18F2N6O2/c19-16(20)15-14(9-26(24-15)12-4-2-11(10-27)3-5-12)23-18(28)13-8-22-25-7-1-6-21-17(13)25/h1,6-12,16H,2-5H2,(H,23,28). The number of amides is 1. The van der Waals surface area contributed by atoms with Crippen molar-refractivity contribution in [2.75, 3.05) is 5.32 Å². The second kappa shape index (κ2) is 7.45. The van der Waals surface area contributed by atoms with Crippen molar-refractivity contribution in [3.63, 3.8) is 0 Å². The fourth-order valence-electron chi connectivity index (χ4n) is 3.53. The third-order valence-corrected chi connectivity index (χ3v) is 5.05. The summed E-state index contributed by atoms with van der Waals surface area (Å²) in [6, 6.07) is 1.60. The van der Waals surface area contributed by atoms with Crippen LogP contribution < -0.4 is 5.32 Å². The summed E-state index contributed by atoms with van der Waals surface area (Å²) in [6.07, 6.45) is 6.81. The second-order valence-electron chi connectivity index (χ2n) is 6.81. The van der Waals surface area contributed by atoms with Crippen LogP contribution in [0, 0.1) is 5.92 Å². The first-order valence-corrected chi connectivity index (χ1v) is 8.99.